The molecule has 0 aromatic carbocycles. The fourth-order valence-corrected chi connectivity index (χ4v) is 1.87. The van der Waals surface area contributed by atoms with Crippen LogP contribution in [0, 0.1) is 11.8 Å². The van der Waals surface area contributed by atoms with Crippen LogP contribution in [-0.4, -0.2) is 5.91 Å². The highest BCUT2D eigenvalue weighted by Gasteiger charge is 2.23. The maximum atomic E-state index is 10.8. The number of nitrogens with two attached hydrogens (primary N) is 1. The van der Waals surface area contributed by atoms with E-state index >= 15 is 0 Å². The van der Waals surface area contributed by atoms with Crippen molar-refractivity contribution < 1.29 is 4.79 Å². The molecule has 0 radical (unpaired) electrons. The highest BCUT2D eigenvalue weighted by Crippen LogP contribution is 2.29. The second-order valence-electron chi connectivity index (χ2n) is 3.59. The zero-order chi connectivity index (χ0) is 8.27. The van der Waals surface area contributed by atoms with E-state index in [9.17, 15) is 4.79 Å². The molecule has 0 heterocycles. The summed E-state index contributed by atoms with van der Waals surface area (Å²) in [6, 6.07) is 0. The first-order valence-electron chi connectivity index (χ1n) is 4.51. The second-order valence-corrected chi connectivity index (χ2v) is 3.59. The Morgan fingerprint density at radius 3 is 2.36 bits per heavy atom. The quantitative estimate of drug-likeness (QED) is 0.648. The van der Waals surface area contributed by atoms with Crippen molar-refractivity contribution in [3.63, 3.8) is 0 Å². The van der Waals surface area contributed by atoms with E-state index in [1.807, 2.05) is 6.92 Å². The Hall–Kier alpha value is -0.530. The van der Waals surface area contributed by atoms with Crippen LogP contribution in [0.25, 0.3) is 0 Å². The summed E-state index contributed by atoms with van der Waals surface area (Å²) in [6.45, 7) is 1.96. The second kappa shape index (κ2) is 3.74. The lowest BCUT2D eigenvalue weighted by Gasteiger charge is -2.25. The summed E-state index contributed by atoms with van der Waals surface area (Å²) >= 11 is 0. The molecular formula is C9H17NO. The molecular weight excluding hydrogens is 138 g/mol. The van der Waals surface area contributed by atoms with Gasteiger partial charge in [-0.15, -0.1) is 0 Å². The molecule has 0 bridgehead atoms. The number of hydrogen-bond donors (Lipinski definition) is 1. The van der Waals surface area contributed by atoms with Gasteiger partial charge in [0.25, 0.3) is 0 Å². The van der Waals surface area contributed by atoms with Gasteiger partial charge in [0.1, 0.15) is 0 Å². The third kappa shape index (κ3) is 2.21. The van der Waals surface area contributed by atoms with Crippen LogP contribution >= 0.6 is 0 Å². The van der Waals surface area contributed by atoms with E-state index in [4.69, 9.17) is 5.73 Å². The van der Waals surface area contributed by atoms with Crippen molar-refractivity contribution in [2.75, 3.05) is 0 Å². The molecule has 2 heteroatoms. The predicted octanol–water partition coefficient (Wildman–Crippen LogP) is 1.69. The highest BCUT2D eigenvalue weighted by atomic mass is 16.1. The SMILES string of the molecule is C[C@@H](C(N)=O)C1CCCCC1. The van der Waals surface area contributed by atoms with Gasteiger partial charge in [0.15, 0.2) is 0 Å². The molecule has 1 saturated carbocycles. The summed E-state index contributed by atoms with van der Waals surface area (Å²) < 4.78 is 0. The van der Waals surface area contributed by atoms with Crippen LogP contribution in [0.5, 0.6) is 0 Å². The van der Waals surface area contributed by atoms with Crippen LogP contribution in [0.4, 0.5) is 0 Å². The number of primary amides is 1. The highest BCUT2D eigenvalue weighted by molar-refractivity contribution is 5.76. The zero-order valence-corrected chi connectivity index (χ0v) is 7.18. The van der Waals surface area contributed by atoms with Crippen molar-refractivity contribution in [2.45, 2.75) is 39.0 Å². The monoisotopic (exact) mass is 155 g/mol. The first kappa shape index (κ1) is 8.57. The van der Waals surface area contributed by atoms with Crippen molar-refractivity contribution in [2.24, 2.45) is 17.6 Å². The van der Waals surface area contributed by atoms with Crippen LogP contribution in [0.2, 0.25) is 0 Å². The first-order valence-corrected chi connectivity index (χ1v) is 4.51. The summed E-state index contributed by atoms with van der Waals surface area (Å²) in [6.07, 6.45) is 6.29. The molecule has 0 aromatic heterocycles. The zero-order valence-electron chi connectivity index (χ0n) is 7.18. The molecule has 0 aromatic rings. The minimum absolute atomic E-state index is 0.0929. The normalized spacial score (nSPS) is 23.0. The molecule has 1 atom stereocenters. The molecule has 64 valence electrons. The minimum atomic E-state index is -0.128. The molecule has 1 amide bonds. The summed E-state index contributed by atoms with van der Waals surface area (Å²) in [5, 5.41) is 0. The minimum Gasteiger partial charge on any atom is -0.369 e. The largest absolute Gasteiger partial charge is 0.369 e. The molecule has 1 fully saturated rings. The average molecular weight is 155 g/mol. The third-order valence-electron chi connectivity index (χ3n) is 2.81. The Balaban J connectivity index is 2.38. The molecule has 0 aliphatic heterocycles. The van der Waals surface area contributed by atoms with Gasteiger partial charge in [-0.05, 0) is 18.8 Å². The number of rotatable bonds is 2. The molecule has 0 unspecified atom stereocenters. The number of carbonyl (C=O) groups is 1. The van der Waals surface area contributed by atoms with Crippen molar-refractivity contribution >= 4 is 5.91 Å². The molecule has 1 rings (SSSR count). The molecule has 0 saturated heterocycles. The maximum absolute atomic E-state index is 10.8. The van der Waals surface area contributed by atoms with Gasteiger partial charge in [0, 0.05) is 5.92 Å². The van der Waals surface area contributed by atoms with Gasteiger partial charge < -0.3 is 5.73 Å². The van der Waals surface area contributed by atoms with Gasteiger partial charge >= 0.3 is 0 Å². The topological polar surface area (TPSA) is 43.1 Å². The van der Waals surface area contributed by atoms with Gasteiger partial charge in [-0.3, -0.25) is 4.79 Å². The number of hydrogen-bond acceptors (Lipinski definition) is 1. The number of amides is 1. The summed E-state index contributed by atoms with van der Waals surface area (Å²) in [7, 11) is 0. The Bertz CT molecular complexity index is 138. The van der Waals surface area contributed by atoms with Crippen molar-refractivity contribution in [1.29, 1.82) is 0 Å². The van der Waals surface area contributed by atoms with E-state index < -0.39 is 0 Å². The van der Waals surface area contributed by atoms with Crippen LogP contribution in [-0.2, 0) is 4.79 Å². The lowest BCUT2D eigenvalue weighted by Crippen LogP contribution is -2.28. The standard InChI is InChI=1S/C9H17NO/c1-7(9(10)11)8-5-3-2-4-6-8/h7-8H,2-6H2,1H3,(H2,10,11)/t7-/m1/s1. The molecule has 1 aliphatic rings. The predicted molar refractivity (Wildman–Crippen MR) is 44.9 cm³/mol. The van der Waals surface area contributed by atoms with E-state index in [-0.39, 0.29) is 11.8 Å². The molecule has 11 heavy (non-hydrogen) atoms. The van der Waals surface area contributed by atoms with E-state index in [0.29, 0.717) is 5.92 Å². The summed E-state index contributed by atoms with van der Waals surface area (Å²) in [5.74, 6) is 0.536. The van der Waals surface area contributed by atoms with E-state index in [1.54, 1.807) is 0 Å². The molecule has 0 spiro atoms. The van der Waals surface area contributed by atoms with Gasteiger partial charge in [-0.25, -0.2) is 0 Å². The Morgan fingerprint density at radius 1 is 1.36 bits per heavy atom. The Kier molecular flexibility index (Phi) is 2.92. The maximum Gasteiger partial charge on any atom is 0.220 e. The first-order chi connectivity index (χ1) is 5.22. The van der Waals surface area contributed by atoms with Crippen molar-refractivity contribution in [1.82, 2.24) is 0 Å². The van der Waals surface area contributed by atoms with Crippen molar-refractivity contribution in [3.05, 3.63) is 0 Å². The van der Waals surface area contributed by atoms with E-state index in [1.165, 1.54) is 32.1 Å². The van der Waals surface area contributed by atoms with Crippen LogP contribution < -0.4 is 5.73 Å². The van der Waals surface area contributed by atoms with Gasteiger partial charge in [-0.2, -0.15) is 0 Å². The fraction of sp³-hybridized carbons (Fsp3) is 0.889. The molecule has 2 N–H and O–H groups in total. The molecule has 1 aliphatic carbocycles. The summed E-state index contributed by atoms with van der Waals surface area (Å²) in [4.78, 5) is 10.8. The summed E-state index contributed by atoms with van der Waals surface area (Å²) in [5.41, 5.74) is 5.23. The Labute approximate surface area is 68.2 Å². The van der Waals surface area contributed by atoms with Crippen molar-refractivity contribution in [3.8, 4) is 0 Å². The third-order valence-corrected chi connectivity index (χ3v) is 2.81. The number of carbonyl (C=O) groups excluding carboxylic acids is 1. The van der Waals surface area contributed by atoms with E-state index in [2.05, 4.69) is 0 Å². The van der Waals surface area contributed by atoms with Crippen LogP contribution in [0.1, 0.15) is 39.0 Å². The van der Waals surface area contributed by atoms with Gasteiger partial charge in [-0.1, -0.05) is 26.2 Å². The van der Waals surface area contributed by atoms with Crippen LogP contribution in [0.15, 0.2) is 0 Å². The molecule has 2 nitrogen and oxygen atoms in total. The lowest BCUT2D eigenvalue weighted by molar-refractivity contribution is -0.123. The fourth-order valence-electron chi connectivity index (χ4n) is 1.87. The Morgan fingerprint density at radius 2 is 1.91 bits per heavy atom. The van der Waals surface area contributed by atoms with Gasteiger partial charge in [0.05, 0.1) is 0 Å². The van der Waals surface area contributed by atoms with Crippen LogP contribution in [0.3, 0.4) is 0 Å². The van der Waals surface area contributed by atoms with E-state index in [0.717, 1.165) is 0 Å². The smallest absolute Gasteiger partial charge is 0.220 e. The van der Waals surface area contributed by atoms with Gasteiger partial charge in [0.2, 0.25) is 5.91 Å². The average Bonchev–Trinajstić information content (AvgIpc) is 2.05. The lowest BCUT2D eigenvalue weighted by atomic mass is 9.81.